The van der Waals surface area contributed by atoms with E-state index in [9.17, 15) is 9.59 Å². The summed E-state index contributed by atoms with van der Waals surface area (Å²) >= 11 is 5.87. The number of aromatic amines is 1. The van der Waals surface area contributed by atoms with Gasteiger partial charge in [-0.25, -0.2) is 4.98 Å². The van der Waals surface area contributed by atoms with E-state index in [0.29, 0.717) is 37.9 Å². The summed E-state index contributed by atoms with van der Waals surface area (Å²) in [5, 5.41) is 0.725. The van der Waals surface area contributed by atoms with Gasteiger partial charge in [-0.3, -0.25) is 9.59 Å². The second-order valence-electron chi connectivity index (χ2n) is 6.02. The number of halogens is 1. The molecule has 2 heterocycles. The lowest BCUT2D eigenvalue weighted by Crippen LogP contribution is -2.33. The van der Waals surface area contributed by atoms with Crippen LogP contribution < -0.4 is 5.56 Å². The van der Waals surface area contributed by atoms with Gasteiger partial charge < -0.3 is 9.88 Å². The molecule has 0 saturated heterocycles. The summed E-state index contributed by atoms with van der Waals surface area (Å²) in [5.41, 5.74) is 2.63. The molecule has 0 unspecified atom stereocenters. The minimum Gasteiger partial charge on any atom is -0.342 e. The Morgan fingerprint density at radius 2 is 1.96 bits per heavy atom. The van der Waals surface area contributed by atoms with Crippen LogP contribution in [0.1, 0.15) is 29.7 Å². The Labute approximate surface area is 145 Å². The molecule has 24 heavy (non-hydrogen) atoms. The number of nitrogens with one attached hydrogen (secondary N) is 1. The van der Waals surface area contributed by atoms with Gasteiger partial charge in [-0.15, -0.1) is 0 Å². The van der Waals surface area contributed by atoms with Crippen LogP contribution in [0.2, 0.25) is 5.02 Å². The van der Waals surface area contributed by atoms with Crippen LogP contribution in [0.3, 0.4) is 0 Å². The molecule has 6 heteroatoms. The number of aromatic nitrogens is 2. The zero-order chi connectivity index (χ0) is 16.9. The van der Waals surface area contributed by atoms with E-state index >= 15 is 0 Å². The van der Waals surface area contributed by atoms with Gasteiger partial charge in [0, 0.05) is 36.5 Å². The number of benzene rings is 1. The van der Waals surface area contributed by atoms with Crippen LogP contribution in [-0.4, -0.2) is 33.9 Å². The third kappa shape index (κ3) is 4.03. The van der Waals surface area contributed by atoms with Crippen LogP contribution in [0, 0.1) is 0 Å². The van der Waals surface area contributed by atoms with Crippen molar-refractivity contribution in [2.75, 3.05) is 13.1 Å². The Morgan fingerprint density at radius 3 is 2.75 bits per heavy atom. The van der Waals surface area contributed by atoms with Gasteiger partial charge >= 0.3 is 0 Å². The van der Waals surface area contributed by atoms with E-state index in [4.69, 9.17) is 11.6 Å². The summed E-state index contributed by atoms with van der Waals surface area (Å²) < 4.78 is 0. The number of nitrogens with zero attached hydrogens (tertiary/aromatic N) is 2. The van der Waals surface area contributed by atoms with Crippen molar-refractivity contribution in [3.8, 4) is 0 Å². The molecule has 126 valence electrons. The summed E-state index contributed by atoms with van der Waals surface area (Å²) in [7, 11) is 0. The number of amides is 1. The Bertz CT molecular complexity index is 771. The summed E-state index contributed by atoms with van der Waals surface area (Å²) in [6.07, 6.45) is 4.83. The zero-order valence-corrected chi connectivity index (χ0v) is 14.2. The van der Waals surface area contributed by atoms with E-state index in [2.05, 4.69) is 9.97 Å². The highest BCUT2D eigenvalue weighted by molar-refractivity contribution is 6.30. The highest BCUT2D eigenvalue weighted by atomic mass is 35.5. The van der Waals surface area contributed by atoms with Gasteiger partial charge in [-0.2, -0.15) is 0 Å². The first-order valence-electron chi connectivity index (χ1n) is 8.21. The zero-order valence-electron chi connectivity index (χ0n) is 13.4. The summed E-state index contributed by atoms with van der Waals surface area (Å²) in [4.78, 5) is 33.0. The third-order valence-electron chi connectivity index (χ3n) is 4.41. The number of carbonyl (C=O) groups is 1. The average Bonchev–Trinajstić information content (AvgIpc) is 2.80. The lowest BCUT2D eigenvalue weighted by molar-refractivity contribution is -0.131. The van der Waals surface area contributed by atoms with Crippen molar-refractivity contribution in [1.82, 2.24) is 14.9 Å². The molecule has 5 nitrogen and oxygen atoms in total. The van der Waals surface area contributed by atoms with Crippen molar-refractivity contribution in [2.24, 2.45) is 0 Å². The molecule has 1 aliphatic heterocycles. The molecule has 1 aromatic heterocycles. The predicted octanol–water partition coefficient (Wildman–Crippen LogP) is 2.37. The number of fused-ring (bicyclic) bond motifs is 1. The summed E-state index contributed by atoms with van der Waals surface area (Å²) in [6, 6.07) is 7.73. The third-order valence-corrected chi connectivity index (χ3v) is 4.66. The summed E-state index contributed by atoms with van der Waals surface area (Å²) in [6.45, 7) is 1.21. The first kappa shape index (κ1) is 16.7. The number of hydrogen-bond donors (Lipinski definition) is 1. The first-order valence-corrected chi connectivity index (χ1v) is 8.59. The smallest absolute Gasteiger partial charge is 0.254 e. The predicted molar refractivity (Wildman–Crippen MR) is 93.2 cm³/mol. The molecular formula is C18H20ClN3O2. The molecule has 1 aromatic carbocycles. The Hall–Kier alpha value is -2.14. The molecule has 0 bridgehead atoms. The SMILES string of the molecule is O=C(CCCc1ccc(Cl)cc1)N1CCc2nc[nH]c(=O)c2CC1. The van der Waals surface area contributed by atoms with Crippen LogP contribution in [0.5, 0.6) is 0 Å². The van der Waals surface area contributed by atoms with Crippen LogP contribution in [-0.2, 0) is 24.1 Å². The number of H-pyrrole nitrogens is 1. The van der Waals surface area contributed by atoms with E-state index in [0.717, 1.165) is 23.6 Å². The van der Waals surface area contributed by atoms with Crippen molar-refractivity contribution in [3.63, 3.8) is 0 Å². The van der Waals surface area contributed by atoms with Gasteiger partial charge in [0.1, 0.15) is 0 Å². The topological polar surface area (TPSA) is 66.1 Å². The van der Waals surface area contributed by atoms with Crippen molar-refractivity contribution in [2.45, 2.75) is 32.1 Å². The number of rotatable bonds is 4. The number of carbonyl (C=O) groups excluding carboxylic acids is 1. The monoisotopic (exact) mass is 345 g/mol. The van der Waals surface area contributed by atoms with E-state index in [-0.39, 0.29) is 11.5 Å². The van der Waals surface area contributed by atoms with Gasteiger partial charge in [-0.1, -0.05) is 23.7 Å². The van der Waals surface area contributed by atoms with Crippen molar-refractivity contribution < 1.29 is 4.79 Å². The first-order chi connectivity index (χ1) is 11.6. The normalized spacial score (nSPS) is 14.1. The molecule has 1 amide bonds. The Kier molecular flexibility index (Phi) is 5.30. The lowest BCUT2D eigenvalue weighted by atomic mass is 10.1. The average molecular weight is 346 g/mol. The van der Waals surface area contributed by atoms with Gasteiger partial charge in [0.2, 0.25) is 5.91 Å². The van der Waals surface area contributed by atoms with Crippen LogP contribution in [0.4, 0.5) is 0 Å². The molecule has 2 aromatic rings. The van der Waals surface area contributed by atoms with Crippen LogP contribution >= 0.6 is 11.6 Å². The highest BCUT2D eigenvalue weighted by Crippen LogP contribution is 2.14. The number of hydrogen-bond acceptors (Lipinski definition) is 3. The molecule has 3 rings (SSSR count). The maximum atomic E-state index is 12.4. The van der Waals surface area contributed by atoms with Crippen molar-refractivity contribution in [3.05, 3.63) is 62.8 Å². The molecular weight excluding hydrogens is 326 g/mol. The minimum atomic E-state index is -0.0861. The second kappa shape index (κ2) is 7.62. The largest absolute Gasteiger partial charge is 0.342 e. The molecule has 1 N–H and O–H groups in total. The molecule has 0 radical (unpaired) electrons. The van der Waals surface area contributed by atoms with Crippen molar-refractivity contribution in [1.29, 1.82) is 0 Å². The van der Waals surface area contributed by atoms with Crippen LogP contribution in [0.15, 0.2) is 35.4 Å². The van der Waals surface area contributed by atoms with E-state index in [1.807, 2.05) is 29.2 Å². The van der Waals surface area contributed by atoms with Gasteiger partial charge in [0.05, 0.1) is 12.0 Å². The van der Waals surface area contributed by atoms with Gasteiger partial charge in [-0.05, 0) is 37.0 Å². The van der Waals surface area contributed by atoms with E-state index < -0.39 is 0 Å². The van der Waals surface area contributed by atoms with E-state index in [1.54, 1.807) is 0 Å². The lowest BCUT2D eigenvalue weighted by Gasteiger charge is -2.20. The highest BCUT2D eigenvalue weighted by Gasteiger charge is 2.20. The standard InChI is InChI=1S/C18H20ClN3O2/c19-14-6-4-13(5-7-14)2-1-3-17(23)22-10-8-15-16(9-11-22)20-12-21-18(15)24/h4-7,12H,1-3,8-11H2,(H,20,21,24). The number of aryl methyl sites for hydroxylation is 1. The molecule has 0 atom stereocenters. The molecule has 0 fully saturated rings. The Balaban J connectivity index is 1.52. The maximum absolute atomic E-state index is 12.4. The molecule has 0 spiro atoms. The fourth-order valence-corrected chi connectivity index (χ4v) is 3.17. The van der Waals surface area contributed by atoms with Crippen LogP contribution in [0.25, 0.3) is 0 Å². The Morgan fingerprint density at radius 1 is 1.21 bits per heavy atom. The summed E-state index contributed by atoms with van der Waals surface area (Å²) in [5.74, 6) is 0.146. The molecule has 0 saturated carbocycles. The molecule has 1 aliphatic rings. The second-order valence-corrected chi connectivity index (χ2v) is 6.45. The van der Waals surface area contributed by atoms with Crippen molar-refractivity contribution >= 4 is 17.5 Å². The fraction of sp³-hybridized carbons (Fsp3) is 0.389. The van der Waals surface area contributed by atoms with Gasteiger partial charge in [0.15, 0.2) is 0 Å². The fourth-order valence-electron chi connectivity index (χ4n) is 3.04. The quantitative estimate of drug-likeness (QED) is 0.925. The molecule has 0 aliphatic carbocycles. The van der Waals surface area contributed by atoms with Gasteiger partial charge in [0.25, 0.3) is 5.56 Å². The van der Waals surface area contributed by atoms with E-state index in [1.165, 1.54) is 11.9 Å². The minimum absolute atomic E-state index is 0.0861. The maximum Gasteiger partial charge on any atom is 0.254 e.